The summed E-state index contributed by atoms with van der Waals surface area (Å²) >= 11 is 0. The minimum atomic E-state index is -0.0383. The average molecular weight is 463 g/mol. The smallest absolute Gasteiger partial charge is 0.0545 e. The second kappa shape index (κ2) is 6.89. The lowest BCUT2D eigenvalue weighted by Crippen LogP contribution is -2.33. The lowest BCUT2D eigenvalue weighted by Gasteiger charge is -2.45. The predicted molar refractivity (Wildman–Crippen MR) is 150 cm³/mol. The summed E-state index contributed by atoms with van der Waals surface area (Å²) in [6.07, 6.45) is 0.944. The van der Waals surface area contributed by atoms with Crippen molar-refractivity contribution in [2.75, 3.05) is 4.90 Å². The Hall–Kier alpha value is -4.30. The van der Waals surface area contributed by atoms with Gasteiger partial charge in [-0.15, -0.1) is 0 Å². The molecule has 2 nitrogen and oxygen atoms in total. The SMILES string of the molecule is CC1(C)c2ccccc2N2c3cc4c5ccccc5n(-c5ccccc5)c4cc3Cc3cccc1c32. The van der Waals surface area contributed by atoms with Gasteiger partial charge in [0.1, 0.15) is 0 Å². The van der Waals surface area contributed by atoms with E-state index in [1.807, 2.05) is 0 Å². The van der Waals surface area contributed by atoms with Crippen molar-refractivity contribution in [2.45, 2.75) is 25.7 Å². The standard InChI is InChI=1S/C34H26N2/c1-34(2)27-15-7-9-18-30(27)36-31-21-26-25-14-6-8-17-29(25)35(24-12-4-3-5-13-24)32(26)20-23(31)19-22-11-10-16-28(34)33(22)36/h3-18,20-21H,19H2,1-2H3. The van der Waals surface area contributed by atoms with Gasteiger partial charge in [0.25, 0.3) is 0 Å². The number of hydrogen-bond acceptors (Lipinski definition) is 1. The largest absolute Gasteiger partial charge is 0.309 e. The van der Waals surface area contributed by atoms with E-state index in [1.165, 1.54) is 66.8 Å². The van der Waals surface area contributed by atoms with Crippen LogP contribution in [0.15, 0.2) is 109 Å². The highest BCUT2D eigenvalue weighted by molar-refractivity contribution is 6.11. The van der Waals surface area contributed by atoms with Gasteiger partial charge in [0.05, 0.1) is 28.1 Å². The van der Waals surface area contributed by atoms with Crippen molar-refractivity contribution >= 4 is 38.9 Å². The average Bonchev–Trinajstić information content (AvgIpc) is 3.23. The normalized spacial score (nSPS) is 15.0. The third kappa shape index (κ3) is 2.46. The molecule has 8 rings (SSSR count). The Bertz CT molecular complexity index is 1840. The molecule has 0 saturated heterocycles. The number of aromatic nitrogens is 1. The van der Waals surface area contributed by atoms with Crippen molar-refractivity contribution in [1.82, 2.24) is 4.57 Å². The molecule has 1 aromatic heterocycles. The van der Waals surface area contributed by atoms with Gasteiger partial charge in [-0.1, -0.05) is 86.6 Å². The molecule has 0 saturated carbocycles. The molecule has 0 fully saturated rings. The second-order valence-corrected chi connectivity index (χ2v) is 10.7. The van der Waals surface area contributed by atoms with Crippen molar-refractivity contribution in [3.63, 3.8) is 0 Å². The van der Waals surface area contributed by atoms with Gasteiger partial charge in [-0.25, -0.2) is 0 Å². The van der Waals surface area contributed by atoms with Crippen LogP contribution in [0.25, 0.3) is 27.5 Å². The van der Waals surface area contributed by atoms with E-state index in [2.05, 4.69) is 133 Å². The molecule has 2 aliphatic rings. The minimum Gasteiger partial charge on any atom is -0.309 e. The van der Waals surface area contributed by atoms with Gasteiger partial charge >= 0.3 is 0 Å². The van der Waals surface area contributed by atoms with Gasteiger partial charge in [-0.3, -0.25) is 0 Å². The summed E-state index contributed by atoms with van der Waals surface area (Å²) < 4.78 is 2.42. The van der Waals surface area contributed by atoms with E-state index in [-0.39, 0.29) is 5.41 Å². The molecule has 0 bridgehead atoms. The number of nitrogens with zero attached hydrogens (tertiary/aromatic N) is 2. The molecular weight excluding hydrogens is 436 g/mol. The second-order valence-electron chi connectivity index (χ2n) is 10.7. The summed E-state index contributed by atoms with van der Waals surface area (Å²) in [5.41, 5.74) is 13.2. The first-order valence-electron chi connectivity index (χ1n) is 12.8. The first-order valence-corrected chi connectivity index (χ1v) is 12.8. The van der Waals surface area contributed by atoms with Crippen molar-refractivity contribution in [3.8, 4) is 5.69 Å². The zero-order valence-corrected chi connectivity index (χ0v) is 20.5. The molecule has 2 aliphatic heterocycles. The molecule has 36 heavy (non-hydrogen) atoms. The van der Waals surface area contributed by atoms with Crippen LogP contribution in [0.3, 0.4) is 0 Å². The van der Waals surface area contributed by atoms with Gasteiger partial charge in [-0.2, -0.15) is 0 Å². The summed E-state index contributed by atoms with van der Waals surface area (Å²) in [5, 5.41) is 2.60. The highest BCUT2D eigenvalue weighted by Gasteiger charge is 2.40. The molecule has 0 radical (unpaired) electrons. The van der Waals surface area contributed by atoms with Crippen LogP contribution in [0.4, 0.5) is 17.1 Å². The molecular formula is C34H26N2. The van der Waals surface area contributed by atoms with E-state index in [0.29, 0.717) is 0 Å². The topological polar surface area (TPSA) is 8.17 Å². The van der Waals surface area contributed by atoms with Gasteiger partial charge in [-0.05, 0) is 58.7 Å². The fraction of sp³-hybridized carbons (Fsp3) is 0.118. The quantitative estimate of drug-likeness (QED) is 0.237. The Morgan fingerprint density at radius 3 is 2.22 bits per heavy atom. The summed E-state index contributed by atoms with van der Waals surface area (Å²) in [5.74, 6) is 0. The van der Waals surface area contributed by atoms with E-state index in [4.69, 9.17) is 0 Å². The number of fused-ring (bicyclic) bond motifs is 7. The minimum absolute atomic E-state index is 0.0383. The fourth-order valence-corrected chi connectivity index (χ4v) is 6.67. The molecule has 6 aromatic rings. The van der Waals surface area contributed by atoms with Gasteiger partial charge in [0.2, 0.25) is 0 Å². The lowest BCUT2D eigenvalue weighted by molar-refractivity contribution is 0.629. The van der Waals surface area contributed by atoms with Crippen LogP contribution in [-0.4, -0.2) is 4.57 Å². The number of hydrogen-bond donors (Lipinski definition) is 0. The molecule has 0 unspecified atom stereocenters. The Kier molecular flexibility index (Phi) is 3.82. The maximum absolute atomic E-state index is 2.54. The molecule has 0 N–H and O–H groups in total. The van der Waals surface area contributed by atoms with Crippen molar-refractivity contribution in [1.29, 1.82) is 0 Å². The van der Waals surface area contributed by atoms with Crippen molar-refractivity contribution in [3.05, 3.63) is 131 Å². The molecule has 2 heteroatoms. The van der Waals surface area contributed by atoms with Crippen LogP contribution >= 0.6 is 0 Å². The van der Waals surface area contributed by atoms with Crippen LogP contribution in [0.1, 0.15) is 36.1 Å². The molecule has 3 heterocycles. The van der Waals surface area contributed by atoms with Crippen LogP contribution in [0.5, 0.6) is 0 Å². The highest BCUT2D eigenvalue weighted by Crippen LogP contribution is 2.56. The zero-order chi connectivity index (χ0) is 24.0. The first-order chi connectivity index (χ1) is 17.6. The molecule has 0 aliphatic carbocycles. The van der Waals surface area contributed by atoms with Crippen molar-refractivity contribution in [2.24, 2.45) is 0 Å². The van der Waals surface area contributed by atoms with Crippen LogP contribution in [0, 0.1) is 0 Å². The molecule has 172 valence electrons. The molecule has 5 aromatic carbocycles. The third-order valence-corrected chi connectivity index (χ3v) is 8.34. The third-order valence-electron chi connectivity index (χ3n) is 8.34. The monoisotopic (exact) mass is 462 g/mol. The lowest BCUT2D eigenvalue weighted by atomic mass is 9.71. The van der Waals surface area contributed by atoms with E-state index in [9.17, 15) is 0 Å². The van der Waals surface area contributed by atoms with E-state index >= 15 is 0 Å². The maximum Gasteiger partial charge on any atom is 0.0545 e. The van der Waals surface area contributed by atoms with E-state index < -0.39 is 0 Å². The Labute approximate surface area is 211 Å². The molecule has 0 spiro atoms. The Morgan fingerprint density at radius 2 is 1.33 bits per heavy atom. The van der Waals surface area contributed by atoms with Crippen LogP contribution < -0.4 is 4.90 Å². The maximum atomic E-state index is 2.54. The zero-order valence-electron chi connectivity index (χ0n) is 20.5. The molecule has 0 atom stereocenters. The Balaban J connectivity index is 1.49. The van der Waals surface area contributed by atoms with Gasteiger partial charge in [0.15, 0.2) is 0 Å². The first kappa shape index (κ1) is 19.9. The number of anilines is 3. The van der Waals surface area contributed by atoms with Crippen LogP contribution in [-0.2, 0) is 11.8 Å². The van der Waals surface area contributed by atoms with Gasteiger partial charge in [0, 0.05) is 28.3 Å². The highest BCUT2D eigenvalue weighted by atomic mass is 15.2. The fourth-order valence-electron chi connectivity index (χ4n) is 6.67. The Morgan fingerprint density at radius 1 is 0.583 bits per heavy atom. The van der Waals surface area contributed by atoms with Crippen LogP contribution in [0.2, 0.25) is 0 Å². The summed E-state index contributed by atoms with van der Waals surface area (Å²) in [6, 6.07) is 40.3. The predicted octanol–water partition coefficient (Wildman–Crippen LogP) is 8.80. The van der Waals surface area contributed by atoms with Crippen molar-refractivity contribution < 1.29 is 0 Å². The summed E-state index contributed by atoms with van der Waals surface area (Å²) in [7, 11) is 0. The molecule has 0 amide bonds. The summed E-state index contributed by atoms with van der Waals surface area (Å²) in [6.45, 7) is 4.73. The number of benzene rings is 5. The van der Waals surface area contributed by atoms with E-state index in [0.717, 1.165) is 6.42 Å². The van der Waals surface area contributed by atoms with E-state index in [1.54, 1.807) is 0 Å². The number of rotatable bonds is 1. The summed E-state index contributed by atoms with van der Waals surface area (Å²) in [4.78, 5) is 2.54. The van der Waals surface area contributed by atoms with Gasteiger partial charge < -0.3 is 9.47 Å². The number of para-hydroxylation sites is 4.